The molecule has 0 spiro atoms. The first kappa shape index (κ1) is 13.8. The fourth-order valence-electron chi connectivity index (χ4n) is 2.94. The molecule has 3 rings (SSSR count). The number of hydrogen-bond acceptors (Lipinski definition) is 2. The fraction of sp³-hybridized carbons (Fsp3) is 0.471. The number of hydrogen-bond donors (Lipinski definition) is 1. The predicted molar refractivity (Wildman–Crippen MR) is 85.0 cm³/mol. The molecule has 0 bridgehead atoms. The van der Waals surface area contributed by atoms with Crippen molar-refractivity contribution in [2.75, 3.05) is 6.54 Å². The van der Waals surface area contributed by atoms with E-state index in [-0.39, 0.29) is 0 Å². The molecule has 1 N–H and O–H groups in total. The second-order valence-corrected chi connectivity index (χ2v) is 6.36. The number of fused-ring (bicyclic) bond motifs is 1. The van der Waals surface area contributed by atoms with E-state index < -0.39 is 0 Å². The SMILES string of the molecule is ClC1CCC(CNCc2ccc3ccccc3n2)CC1. The van der Waals surface area contributed by atoms with Crippen LogP contribution in [-0.2, 0) is 6.54 Å². The first-order valence-electron chi connectivity index (χ1n) is 7.51. The van der Waals surface area contributed by atoms with Crippen molar-refractivity contribution < 1.29 is 0 Å². The number of rotatable bonds is 4. The van der Waals surface area contributed by atoms with Gasteiger partial charge in [0.2, 0.25) is 0 Å². The molecule has 0 aliphatic heterocycles. The third-order valence-corrected chi connectivity index (χ3v) is 4.61. The molecule has 2 aromatic rings. The third-order valence-electron chi connectivity index (χ3n) is 4.17. The Morgan fingerprint density at radius 3 is 2.70 bits per heavy atom. The number of aromatic nitrogens is 1. The zero-order chi connectivity index (χ0) is 13.8. The van der Waals surface area contributed by atoms with Gasteiger partial charge in [0.25, 0.3) is 0 Å². The van der Waals surface area contributed by atoms with E-state index in [9.17, 15) is 0 Å². The molecule has 0 atom stereocenters. The van der Waals surface area contributed by atoms with Gasteiger partial charge in [-0.1, -0.05) is 24.3 Å². The highest BCUT2D eigenvalue weighted by Crippen LogP contribution is 2.27. The molecule has 1 aromatic heterocycles. The summed E-state index contributed by atoms with van der Waals surface area (Å²) < 4.78 is 0. The summed E-state index contributed by atoms with van der Waals surface area (Å²) in [6, 6.07) is 12.5. The zero-order valence-corrected chi connectivity index (χ0v) is 12.4. The van der Waals surface area contributed by atoms with Crippen LogP contribution in [0.2, 0.25) is 0 Å². The molecule has 0 unspecified atom stereocenters. The highest BCUT2D eigenvalue weighted by atomic mass is 35.5. The minimum atomic E-state index is 0.411. The van der Waals surface area contributed by atoms with Crippen LogP contribution in [-0.4, -0.2) is 16.9 Å². The second kappa shape index (κ2) is 6.55. The van der Waals surface area contributed by atoms with Gasteiger partial charge in [0.15, 0.2) is 0 Å². The number of nitrogens with one attached hydrogen (secondary N) is 1. The minimum Gasteiger partial charge on any atom is -0.311 e. The van der Waals surface area contributed by atoms with E-state index in [1.54, 1.807) is 0 Å². The molecule has 0 radical (unpaired) electrons. The normalized spacial score (nSPS) is 23.1. The molecule has 1 aromatic carbocycles. The Kier molecular flexibility index (Phi) is 4.54. The Morgan fingerprint density at radius 1 is 1.05 bits per heavy atom. The van der Waals surface area contributed by atoms with Gasteiger partial charge in [-0.3, -0.25) is 4.98 Å². The predicted octanol–water partition coefficient (Wildman–Crippen LogP) is 4.12. The quantitative estimate of drug-likeness (QED) is 0.856. The molecule has 0 saturated heterocycles. The fourth-order valence-corrected chi connectivity index (χ4v) is 3.19. The summed E-state index contributed by atoms with van der Waals surface area (Å²) in [5.74, 6) is 0.783. The van der Waals surface area contributed by atoms with Crippen LogP contribution in [0.15, 0.2) is 36.4 Å². The smallest absolute Gasteiger partial charge is 0.0705 e. The van der Waals surface area contributed by atoms with Gasteiger partial charge < -0.3 is 5.32 Å². The first-order valence-corrected chi connectivity index (χ1v) is 7.94. The molecular weight excluding hydrogens is 268 g/mol. The average molecular weight is 289 g/mol. The van der Waals surface area contributed by atoms with E-state index in [4.69, 9.17) is 11.6 Å². The lowest BCUT2D eigenvalue weighted by Crippen LogP contribution is -2.26. The van der Waals surface area contributed by atoms with Crippen LogP contribution in [0.25, 0.3) is 10.9 Å². The highest BCUT2D eigenvalue weighted by Gasteiger charge is 2.18. The van der Waals surface area contributed by atoms with Crippen LogP contribution in [0.1, 0.15) is 31.4 Å². The minimum absolute atomic E-state index is 0.411. The van der Waals surface area contributed by atoms with Gasteiger partial charge in [-0.15, -0.1) is 11.6 Å². The topological polar surface area (TPSA) is 24.9 Å². The summed E-state index contributed by atoms with van der Waals surface area (Å²) in [6.07, 6.45) is 4.85. The molecule has 0 amide bonds. The van der Waals surface area contributed by atoms with Gasteiger partial charge in [0, 0.05) is 17.3 Å². The number of pyridine rings is 1. The van der Waals surface area contributed by atoms with Crippen molar-refractivity contribution >= 4 is 22.5 Å². The van der Waals surface area contributed by atoms with Crippen LogP contribution in [0.5, 0.6) is 0 Å². The molecule has 1 aliphatic rings. The number of alkyl halides is 1. The van der Waals surface area contributed by atoms with E-state index in [1.807, 2.05) is 6.07 Å². The maximum absolute atomic E-state index is 6.14. The van der Waals surface area contributed by atoms with Gasteiger partial charge in [-0.05, 0) is 50.3 Å². The number of benzene rings is 1. The van der Waals surface area contributed by atoms with Crippen molar-refractivity contribution in [2.45, 2.75) is 37.6 Å². The lowest BCUT2D eigenvalue weighted by atomic mass is 9.89. The molecule has 1 aliphatic carbocycles. The molecule has 3 heteroatoms. The number of para-hydroxylation sites is 1. The van der Waals surface area contributed by atoms with E-state index in [0.717, 1.165) is 30.2 Å². The van der Waals surface area contributed by atoms with Crippen molar-refractivity contribution in [3.63, 3.8) is 0 Å². The number of halogens is 1. The Bertz CT molecular complexity index is 562. The van der Waals surface area contributed by atoms with Crippen molar-refractivity contribution in [2.24, 2.45) is 5.92 Å². The Morgan fingerprint density at radius 2 is 1.85 bits per heavy atom. The summed E-state index contributed by atoms with van der Waals surface area (Å²) in [4.78, 5) is 4.69. The molecule has 1 heterocycles. The van der Waals surface area contributed by atoms with Crippen molar-refractivity contribution in [1.29, 1.82) is 0 Å². The maximum Gasteiger partial charge on any atom is 0.0705 e. The van der Waals surface area contributed by atoms with E-state index in [2.05, 4.69) is 40.6 Å². The lowest BCUT2D eigenvalue weighted by molar-refractivity contribution is 0.345. The third kappa shape index (κ3) is 3.50. The molecule has 106 valence electrons. The van der Waals surface area contributed by atoms with Gasteiger partial charge in [-0.2, -0.15) is 0 Å². The maximum atomic E-state index is 6.14. The van der Waals surface area contributed by atoms with Gasteiger partial charge in [-0.25, -0.2) is 0 Å². The van der Waals surface area contributed by atoms with Crippen LogP contribution in [0.4, 0.5) is 0 Å². The van der Waals surface area contributed by atoms with Crippen LogP contribution >= 0.6 is 11.6 Å². The summed E-state index contributed by atoms with van der Waals surface area (Å²) in [5.41, 5.74) is 2.20. The van der Waals surface area contributed by atoms with Crippen molar-refractivity contribution in [1.82, 2.24) is 10.3 Å². The van der Waals surface area contributed by atoms with Gasteiger partial charge in [0.05, 0.1) is 11.2 Å². The van der Waals surface area contributed by atoms with Crippen LogP contribution in [0, 0.1) is 5.92 Å². The molecule has 2 nitrogen and oxygen atoms in total. The summed E-state index contributed by atoms with van der Waals surface area (Å²) in [7, 11) is 0. The standard InChI is InChI=1S/C17H21ClN2/c18-15-8-5-13(6-9-15)11-19-12-16-10-7-14-3-1-2-4-17(14)20-16/h1-4,7,10,13,15,19H,5-6,8-9,11-12H2. The number of nitrogens with zero attached hydrogens (tertiary/aromatic N) is 1. The van der Waals surface area contributed by atoms with Crippen molar-refractivity contribution in [3.8, 4) is 0 Å². The molecule has 1 fully saturated rings. The Hall–Kier alpha value is -1.12. The van der Waals surface area contributed by atoms with E-state index in [1.165, 1.54) is 31.1 Å². The first-order chi connectivity index (χ1) is 9.81. The summed E-state index contributed by atoms with van der Waals surface area (Å²) in [5, 5.41) is 5.16. The van der Waals surface area contributed by atoms with E-state index in [0.29, 0.717) is 5.38 Å². The van der Waals surface area contributed by atoms with Crippen molar-refractivity contribution in [3.05, 3.63) is 42.1 Å². The molecular formula is C17H21ClN2. The Labute approximate surface area is 125 Å². The largest absolute Gasteiger partial charge is 0.311 e. The van der Waals surface area contributed by atoms with Crippen LogP contribution < -0.4 is 5.32 Å². The van der Waals surface area contributed by atoms with Crippen LogP contribution in [0.3, 0.4) is 0 Å². The van der Waals surface area contributed by atoms with Gasteiger partial charge >= 0.3 is 0 Å². The van der Waals surface area contributed by atoms with Gasteiger partial charge in [0.1, 0.15) is 0 Å². The Balaban J connectivity index is 1.52. The highest BCUT2D eigenvalue weighted by molar-refractivity contribution is 6.20. The molecule has 20 heavy (non-hydrogen) atoms. The van der Waals surface area contributed by atoms with E-state index >= 15 is 0 Å². The summed E-state index contributed by atoms with van der Waals surface area (Å²) in [6.45, 7) is 1.93. The monoisotopic (exact) mass is 288 g/mol. The second-order valence-electron chi connectivity index (χ2n) is 5.74. The summed E-state index contributed by atoms with van der Waals surface area (Å²) >= 11 is 6.14. The zero-order valence-electron chi connectivity index (χ0n) is 11.7. The molecule has 1 saturated carbocycles. The lowest BCUT2D eigenvalue weighted by Gasteiger charge is -2.25. The average Bonchev–Trinajstić information content (AvgIpc) is 2.49.